The highest BCUT2D eigenvalue weighted by Crippen LogP contribution is 2.33. The Morgan fingerprint density at radius 1 is 1.12 bits per heavy atom. The number of benzene rings is 2. The van der Waals surface area contributed by atoms with E-state index in [9.17, 15) is 18.8 Å². The molecule has 168 valence electrons. The number of nitrogens with zero attached hydrogens (tertiary/aromatic N) is 2. The van der Waals surface area contributed by atoms with E-state index >= 15 is 0 Å². The summed E-state index contributed by atoms with van der Waals surface area (Å²) < 4.78 is 30.0. The summed E-state index contributed by atoms with van der Waals surface area (Å²) in [7, 11) is 0. The molecule has 4 rings (SSSR count). The molecule has 0 aliphatic carbocycles. The normalized spacial score (nSPS) is 15.8. The number of aryl methyl sites for hydroxylation is 1. The van der Waals surface area contributed by atoms with Crippen molar-refractivity contribution in [1.29, 1.82) is 0 Å². The molecule has 1 fully saturated rings. The van der Waals surface area contributed by atoms with Gasteiger partial charge in [0.05, 0.1) is 18.9 Å². The first kappa shape index (κ1) is 21.8. The summed E-state index contributed by atoms with van der Waals surface area (Å²) in [6.07, 6.45) is 0. The zero-order chi connectivity index (χ0) is 22.7. The molecule has 2 aliphatic heterocycles. The van der Waals surface area contributed by atoms with Crippen molar-refractivity contribution >= 4 is 23.3 Å². The molecule has 0 saturated carbocycles. The first-order valence-corrected chi connectivity index (χ1v) is 10.3. The molecule has 2 aliphatic rings. The smallest absolute Gasteiger partial charge is 0.265 e. The number of ketones is 1. The van der Waals surface area contributed by atoms with Gasteiger partial charge >= 0.3 is 0 Å². The number of carbonyl (C=O) groups is 3. The quantitative estimate of drug-likeness (QED) is 0.636. The second-order valence-corrected chi connectivity index (χ2v) is 7.59. The highest BCUT2D eigenvalue weighted by molar-refractivity contribution is 6.04. The van der Waals surface area contributed by atoms with E-state index in [2.05, 4.69) is 0 Å². The molecule has 2 heterocycles. The molecule has 0 unspecified atom stereocenters. The van der Waals surface area contributed by atoms with E-state index in [1.165, 1.54) is 23.1 Å². The Morgan fingerprint density at radius 3 is 2.69 bits per heavy atom. The maximum Gasteiger partial charge on any atom is 0.265 e. The average molecular weight is 442 g/mol. The molecule has 2 aromatic carbocycles. The van der Waals surface area contributed by atoms with Crippen molar-refractivity contribution in [2.75, 3.05) is 51.0 Å². The van der Waals surface area contributed by atoms with Crippen LogP contribution in [0.15, 0.2) is 36.4 Å². The Morgan fingerprint density at radius 2 is 1.91 bits per heavy atom. The summed E-state index contributed by atoms with van der Waals surface area (Å²) in [5.41, 5.74) is 1.41. The molecule has 8 nitrogen and oxygen atoms in total. The van der Waals surface area contributed by atoms with Gasteiger partial charge in [-0.15, -0.1) is 0 Å². The Balaban J connectivity index is 1.50. The average Bonchev–Trinajstić information content (AvgIpc) is 2.81. The first-order chi connectivity index (χ1) is 15.4. The van der Waals surface area contributed by atoms with E-state index in [1.54, 1.807) is 30.0 Å². The lowest BCUT2D eigenvalue weighted by Gasteiger charge is -2.32. The second-order valence-electron chi connectivity index (χ2n) is 7.59. The van der Waals surface area contributed by atoms with Gasteiger partial charge in [0.15, 0.2) is 30.6 Å². The van der Waals surface area contributed by atoms with Gasteiger partial charge < -0.3 is 19.1 Å². The zero-order valence-corrected chi connectivity index (χ0v) is 17.6. The fourth-order valence-corrected chi connectivity index (χ4v) is 3.54. The van der Waals surface area contributed by atoms with Crippen LogP contribution in [0.25, 0.3) is 0 Å². The Labute approximate surface area is 184 Å². The van der Waals surface area contributed by atoms with E-state index in [-0.39, 0.29) is 42.9 Å². The molecule has 0 N–H and O–H groups in total. The van der Waals surface area contributed by atoms with Crippen molar-refractivity contribution in [3.63, 3.8) is 0 Å². The molecule has 2 aromatic rings. The fraction of sp³-hybridized carbons (Fsp3) is 0.348. The van der Waals surface area contributed by atoms with Gasteiger partial charge in [-0.2, -0.15) is 0 Å². The highest BCUT2D eigenvalue weighted by atomic mass is 19.1. The van der Waals surface area contributed by atoms with Crippen molar-refractivity contribution in [1.82, 2.24) is 4.90 Å². The van der Waals surface area contributed by atoms with Crippen LogP contribution in [0.4, 0.5) is 10.1 Å². The van der Waals surface area contributed by atoms with E-state index in [0.717, 1.165) is 5.56 Å². The van der Waals surface area contributed by atoms with Crippen LogP contribution in [0.3, 0.4) is 0 Å². The number of carbonyl (C=O) groups excluding carboxylic acids is 3. The Kier molecular flexibility index (Phi) is 6.36. The van der Waals surface area contributed by atoms with Gasteiger partial charge in [-0.25, -0.2) is 4.39 Å². The number of rotatable bonds is 6. The summed E-state index contributed by atoms with van der Waals surface area (Å²) in [4.78, 5) is 40.8. The summed E-state index contributed by atoms with van der Waals surface area (Å²) in [6.45, 7) is 2.93. The van der Waals surface area contributed by atoms with Crippen LogP contribution in [-0.4, -0.2) is 68.6 Å². The number of fused-ring (bicyclic) bond motifs is 1. The number of halogens is 1. The van der Waals surface area contributed by atoms with E-state index in [1.807, 2.05) is 0 Å². The van der Waals surface area contributed by atoms with Crippen LogP contribution >= 0.6 is 0 Å². The molecule has 9 heteroatoms. The monoisotopic (exact) mass is 442 g/mol. The van der Waals surface area contributed by atoms with Crippen molar-refractivity contribution in [3.05, 3.63) is 53.3 Å². The number of hydrogen-bond acceptors (Lipinski definition) is 6. The SMILES string of the molecule is Cc1ccc(F)c(OCC(=O)c2ccc3c(c2)N(CC(=O)N2CCOCC2)C(=O)CO3)c1. The lowest BCUT2D eigenvalue weighted by molar-refractivity contribution is -0.135. The van der Waals surface area contributed by atoms with Gasteiger partial charge in [-0.3, -0.25) is 19.3 Å². The molecular formula is C23H23FN2O6. The Hall–Kier alpha value is -3.46. The van der Waals surface area contributed by atoms with Gasteiger partial charge in [0.1, 0.15) is 12.3 Å². The molecule has 2 amide bonds. The minimum absolute atomic E-state index is 0.00689. The van der Waals surface area contributed by atoms with Crippen LogP contribution in [0, 0.1) is 12.7 Å². The predicted molar refractivity (Wildman–Crippen MR) is 113 cm³/mol. The van der Waals surface area contributed by atoms with Crippen molar-refractivity contribution in [3.8, 4) is 11.5 Å². The molecule has 0 radical (unpaired) electrons. The molecule has 0 aromatic heterocycles. The minimum Gasteiger partial charge on any atom is -0.482 e. The van der Waals surface area contributed by atoms with Crippen LogP contribution < -0.4 is 14.4 Å². The third-order valence-electron chi connectivity index (χ3n) is 5.33. The number of Topliss-reactive ketones (excluding diaryl/α,β-unsaturated/α-hetero) is 1. The second kappa shape index (κ2) is 9.35. The summed E-state index contributed by atoms with van der Waals surface area (Å²) >= 11 is 0. The van der Waals surface area contributed by atoms with E-state index in [0.29, 0.717) is 37.7 Å². The minimum atomic E-state index is -0.555. The number of ether oxygens (including phenoxy) is 3. The summed E-state index contributed by atoms with van der Waals surface area (Å²) in [6, 6.07) is 9.03. The fourth-order valence-electron chi connectivity index (χ4n) is 3.54. The lowest BCUT2D eigenvalue weighted by atomic mass is 10.1. The number of morpholine rings is 1. The Bertz CT molecular complexity index is 1050. The lowest BCUT2D eigenvalue weighted by Crippen LogP contribution is -2.49. The van der Waals surface area contributed by atoms with Gasteiger partial charge in [0.2, 0.25) is 5.91 Å². The maximum absolute atomic E-state index is 13.9. The maximum atomic E-state index is 13.9. The van der Waals surface area contributed by atoms with Crippen LogP contribution in [0.2, 0.25) is 0 Å². The van der Waals surface area contributed by atoms with Crippen LogP contribution in [0.5, 0.6) is 11.5 Å². The molecule has 1 saturated heterocycles. The van der Waals surface area contributed by atoms with Gasteiger partial charge in [0.25, 0.3) is 5.91 Å². The largest absolute Gasteiger partial charge is 0.482 e. The molecule has 0 atom stereocenters. The number of anilines is 1. The summed E-state index contributed by atoms with van der Waals surface area (Å²) in [5.74, 6) is -1.13. The number of amides is 2. The van der Waals surface area contributed by atoms with Gasteiger partial charge in [-0.1, -0.05) is 6.07 Å². The van der Waals surface area contributed by atoms with Crippen LogP contribution in [-0.2, 0) is 14.3 Å². The number of hydrogen-bond donors (Lipinski definition) is 0. The van der Waals surface area contributed by atoms with E-state index < -0.39 is 11.6 Å². The third kappa shape index (κ3) is 4.72. The van der Waals surface area contributed by atoms with Gasteiger partial charge in [0, 0.05) is 18.7 Å². The molecule has 32 heavy (non-hydrogen) atoms. The van der Waals surface area contributed by atoms with Crippen LogP contribution in [0.1, 0.15) is 15.9 Å². The van der Waals surface area contributed by atoms with Crippen molar-refractivity contribution in [2.24, 2.45) is 0 Å². The van der Waals surface area contributed by atoms with Gasteiger partial charge in [-0.05, 0) is 42.8 Å². The van der Waals surface area contributed by atoms with E-state index in [4.69, 9.17) is 14.2 Å². The molecule has 0 spiro atoms. The first-order valence-electron chi connectivity index (χ1n) is 10.3. The standard InChI is InChI=1S/C23H23FN2O6/c1-15-2-4-17(24)21(10-15)31-13-19(27)16-3-5-20-18(11-16)26(23(29)14-32-20)12-22(28)25-6-8-30-9-7-25/h2-5,10-11H,6-9,12-14H2,1H3. The molecular weight excluding hydrogens is 419 g/mol. The van der Waals surface area contributed by atoms with Crippen molar-refractivity contribution in [2.45, 2.75) is 6.92 Å². The molecule has 0 bridgehead atoms. The topological polar surface area (TPSA) is 85.4 Å². The summed E-state index contributed by atoms with van der Waals surface area (Å²) in [5, 5.41) is 0. The van der Waals surface area contributed by atoms with Crippen molar-refractivity contribution < 1.29 is 33.0 Å². The predicted octanol–water partition coefficient (Wildman–Crippen LogP) is 1.98. The zero-order valence-electron chi connectivity index (χ0n) is 17.6. The third-order valence-corrected chi connectivity index (χ3v) is 5.33. The highest BCUT2D eigenvalue weighted by Gasteiger charge is 2.30.